The van der Waals surface area contributed by atoms with Gasteiger partial charge in [0.2, 0.25) is 0 Å². The molecule has 4 heteroatoms. The van der Waals surface area contributed by atoms with E-state index in [4.69, 9.17) is 10.1 Å². The first-order valence-electron chi connectivity index (χ1n) is 8.31. The summed E-state index contributed by atoms with van der Waals surface area (Å²) in [6.45, 7) is 10.4. The predicted octanol–water partition coefficient (Wildman–Crippen LogP) is 2.84. The first-order valence-corrected chi connectivity index (χ1v) is 8.31. The lowest BCUT2D eigenvalue weighted by Gasteiger charge is -2.34. The molecule has 1 atom stereocenters. The topological polar surface area (TPSA) is 34.0 Å². The smallest absolute Gasteiger partial charge is 0.151 e. The van der Waals surface area contributed by atoms with Crippen LogP contribution in [0.3, 0.4) is 0 Å². The van der Waals surface area contributed by atoms with E-state index in [1.807, 2.05) is 0 Å². The van der Waals surface area contributed by atoms with Gasteiger partial charge in [0.1, 0.15) is 5.82 Å². The highest BCUT2D eigenvalue weighted by Gasteiger charge is 2.25. The number of piperidine rings is 1. The number of hydrogen-bond donors (Lipinski definition) is 0. The van der Waals surface area contributed by atoms with Gasteiger partial charge in [-0.15, -0.1) is 0 Å². The van der Waals surface area contributed by atoms with E-state index in [1.165, 1.54) is 44.6 Å². The largest absolute Gasteiger partial charge is 0.301 e. The van der Waals surface area contributed by atoms with Crippen LogP contribution in [0.5, 0.6) is 0 Å². The summed E-state index contributed by atoms with van der Waals surface area (Å²) in [4.78, 5) is 7.41. The normalized spacial score (nSPS) is 25.1. The molecule has 3 heterocycles. The second-order valence-electron chi connectivity index (χ2n) is 6.93. The highest BCUT2D eigenvalue weighted by molar-refractivity contribution is 5.02. The van der Waals surface area contributed by atoms with E-state index in [0.717, 1.165) is 24.7 Å². The Morgan fingerprint density at radius 3 is 2.55 bits per heavy atom. The molecule has 1 fully saturated rings. The van der Waals surface area contributed by atoms with Crippen LogP contribution in [0.15, 0.2) is 0 Å². The third-order valence-corrected chi connectivity index (χ3v) is 5.04. The van der Waals surface area contributed by atoms with Crippen LogP contribution in [0.4, 0.5) is 0 Å². The zero-order valence-electron chi connectivity index (χ0n) is 13.2. The zero-order valence-corrected chi connectivity index (χ0v) is 13.2. The molecule has 1 aromatic rings. The van der Waals surface area contributed by atoms with Gasteiger partial charge in [0, 0.05) is 24.9 Å². The molecule has 0 aromatic carbocycles. The van der Waals surface area contributed by atoms with E-state index in [2.05, 4.69) is 30.4 Å². The Morgan fingerprint density at radius 2 is 1.90 bits per heavy atom. The van der Waals surface area contributed by atoms with E-state index in [1.54, 1.807) is 0 Å². The van der Waals surface area contributed by atoms with Crippen molar-refractivity contribution < 1.29 is 0 Å². The van der Waals surface area contributed by atoms with Crippen molar-refractivity contribution in [3.05, 3.63) is 11.6 Å². The lowest BCUT2D eigenvalue weighted by Crippen LogP contribution is -2.38. The van der Waals surface area contributed by atoms with Crippen molar-refractivity contribution in [2.75, 3.05) is 13.1 Å². The van der Waals surface area contributed by atoms with Gasteiger partial charge in [-0.1, -0.05) is 6.92 Å². The number of aromatic nitrogens is 3. The number of fused-ring (bicyclic) bond motifs is 1. The molecule has 4 nitrogen and oxygen atoms in total. The van der Waals surface area contributed by atoms with Gasteiger partial charge in [0.25, 0.3) is 0 Å². The van der Waals surface area contributed by atoms with E-state index >= 15 is 0 Å². The average molecular weight is 276 g/mol. The second-order valence-corrected chi connectivity index (χ2v) is 6.93. The van der Waals surface area contributed by atoms with Crippen LogP contribution in [0, 0.1) is 5.92 Å². The molecule has 1 aromatic heterocycles. The summed E-state index contributed by atoms with van der Waals surface area (Å²) in [5.41, 5.74) is 0. The van der Waals surface area contributed by atoms with Gasteiger partial charge in [0.15, 0.2) is 5.82 Å². The summed E-state index contributed by atoms with van der Waals surface area (Å²) in [5.74, 6) is 3.69. The van der Waals surface area contributed by atoms with Gasteiger partial charge in [-0.05, 0) is 58.5 Å². The summed E-state index contributed by atoms with van der Waals surface area (Å²) in [7, 11) is 0. The van der Waals surface area contributed by atoms with Crippen molar-refractivity contribution in [3.8, 4) is 0 Å². The minimum atomic E-state index is 0.591. The van der Waals surface area contributed by atoms with Gasteiger partial charge in [-0.3, -0.25) is 0 Å². The van der Waals surface area contributed by atoms with Crippen LogP contribution in [-0.2, 0) is 13.0 Å². The van der Waals surface area contributed by atoms with Gasteiger partial charge < -0.3 is 4.90 Å². The molecule has 0 saturated carbocycles. The van der Waals surface area contributed by atoms with Crippen molar-refractivity contribution in [1.29, 1.82) is 0 Å². The van der Waals surface area contributed by atoms with E-state index in [0.29, 0.717) is 12.0 Å². The SMILES string of the molecule is CC1CCCn2nc(CC3CCN(C(C)C)CC3)nc21. The van der Waals surface area contributed by atoms with Crippen LogP contribution >= 0.6 is 0 Å². The average Bonchev–Trinajstić information content (AvgIpc) is 2.83. The van der Waals surface area contributed by atoms with Crippen molar-refractivity contribution in [2.24, 2.45) is 5.92 Å². The Kier molecular flexibility index (Phi) is 4.11. The van der Waals surface area contributed by atoms with Gasteiger partial charge in [-0.2, -0.15) is 5.10 Å². The molecular formula is C16H28N4. The maximum atomic E-state index is 4.82. The lowest BCUT2D eigenvalue weighted by atomic mass is 9.92. The number of nitrogens with zero attached hydrogens (tertiary/aromatic N) is 4. The molecule has 0 N–H and O–H groups in total. The fraction of sp³-hybridized carbons (Fsp3) is 0.875. The molecule has 0 aliphatic carbocycles. The Labute approximate surface area is 122 Å². The van der Waals surface area contributed by atoms with Crippen molar-refractivity contribution in [1.82, 2.24) is 19.7 Å². The van der Waals surface area contributed by atoms with Crippen LogP contribution in [-0.4, -0.2) is 38.8 Å². The molecule has 2 aliphatic heterocycles. The van der Waals surface area contributed by atoms with Crippen LogP contribution < -0.4 is 0 Å². The molecule has 0 amide bonds. The van der Waals surface area contributed by atoms with Crippen LogP contribution in [0.2, 0.25) is 0 Å². The fourth-order valence-corrected chi connectivity index (χ4v) is 3.63. The molecule has 2 aliphatic rings. The quantitative estimate of drug-likeness (QED) is 0.851. The van der Waals surface area contributed by atoms with Crippen molar-refractivity contribution >= 4 is 0 Å². The molecule has 0 radical (unpaired) electrons. The van der Waals surface area contributed by atoms with Gasteiger partial charge in [-0.25, -0.2) is 9.67 Å². The first-order chi connectivity index (χ1) is 9.63. The summed E-state index contributed by atoms with van der Waals surface area (Å²) < 4.78 is 2.16. The molecule has 1 saturated heterocycles. The second kappa shape index (κ2) is 5.84. The summed E-state index contributed by atoms with van der Waals surface area (Å²) >= 11 is 0. The summed E-state index contributed by atoms with van der Waals surface area (Å²) in [6, 6.07) is 0.690. The molecule has 0 spiro atoms. The Hall–Kier alpha value is -0.900. The number of rotatable bonds is 3. The lowest BCUT2D eigenvalue weighted by molar-refractivity contribution is 0.148. The molecule has 0 bridgehead atoms. The van der Waals surface area contributed by atoms with Crippen molar-refractivity contribution in [3.63, 3.8) is 0 Å². The molecular weight excluding hydrogens is 248 g/mol. The predicted molar refractivity (Wildman–Crippen MR) is 80.8 cm³/mol. The molecule has 112 valence electrons. The van der Waals surface area contributed by atoms with Crippen LogP contribution in [0.25, 0.3) is 0 Å². The van der Waals surface area contributed by atoms with E-state index in [-0.39, 0.29) is 0 Å². The fourth-order valence-electron chi connectivity index (χ4n) is 3.63. The Morgan fingerprint density at radius 1 is 1.15 bits per heavy atom. The van der Waals surface area contributed by atoms with Crippen molar-refractivity contribution in [2.45, 2.75) is 71.4 Å². The minimum Gasteiger partial charge on any atom is -0.301 e. The maximum absolute atomic E-state index is 4.82. The van der Waals surface area contributed by atoms with Gasteiger partial charge in [0.05, 0.1) is 0 Å². The molecule has 3 rings (SSSR count). The third-order valence-electron chi connectivity index (χ3n) is 5.04. The number of likely N-dealkylation sites (tertiary alicyclic amines) is 1. The Bertz CT molecular complexity index is 443. The first kappa shape index (κ1) is 14.1. The Balaban J connectivity index is 1.59. The third kappa shape index (κ3) is 2.90. The standard InChI is InChI=1S/C16H28N4/c1-12(2)19-9-6-14(7-10-19)11-15-17-16-13(3)5-4-8-20(16)18-15/h12-14H,4-11H2,1-3H3. The monoisotopic (exact) mass is 276 g/mol. The summed E-state index contributed by atoms with van der Waals surface area (Å²) in [6.07, 6.45) is 6.21. The summed E-state index contributed by atoms with van der Waals surface area (Å²) in [5, 5.41) is 4.74. The molecule has 1 unspecified atom stereocenters. The van der Waals surface area contributed by atoms with Crippen LogP contribution in [0.1, 0.15) is 64.0 Å². The van der Waals surface area contributed by atoms with Gasteiger partial charge >= 0.3 is 0 Å². The van der Waals surface area contributed by atoms with E-state index < -0.39 is 0 Å². The highest BCUT2D eigenvalue weighted by Crippen LogP contribution is 2.26. The zero-order chi connectivity index (χ0) is 14.1. The maximum Gasteiger partial charge on any atom is 0.151 e. The highest BCUT2D eigenvalue weighted by atomic mass is 15.4. The van der Waals surface area contributed by atoms with E-state index in [9.17, 15) is 0 Å². The number of hydrogen-bond acceptors (Lipinski definition) is 3. The number of aryl methyl sites for hydroxylation is 1. The molecule has 20 heavy (non-hydrogen) atoms. The minimum absolute atomic E-state index is 0.591.